The average molecular weight is 383 g/mol. The van der Waals surface area contributed by atoms with Crippen LogP contribution in [0.25, 0.3) is 17.1 Å². The molecule has 0 fully saturated rings. The van der Waals surface area contributed by atoms with E-state index in [1.807, 2.05) is 79.2 Å². The molecule has 0 bridgehead atoms. The number of benzene rings is 1. The number of carbonyl (C=O) groups is 1. The first-order valence-electron chi connectivity index (χ1n) is 9.38. The maximum Gasteiger partial charge on any atom is 0.253 e. The van der Waals surface area contributed by atoms with Crippen LogP contribution in [0.2, 0.25) is 0 Å². The van der Waals surface area contributed by atoms with Crippen LogP contribution < -0.4 is 5.32 Å². The van der Waals surface area contributed by atoms with Gasteiger partial charge in [-0.25, -0.2) is 9.97 Å². The molecule has 6 heteroatoms. The van der Waals surface area contributed by atoms with Gasteiger partial charge in [-0.2, -0.15) is 0 Å². The Bertz CT molecular complexity index is 1150. The van der Waals surface area contributed by atoms with Crippen LogP contribution in [0.3, 0.4) is 0 Å². The summed E-state index contributed by atoms with van der Waals surface area (Å²) in [4.78, 5) is 25.9. The van der Waals surface area contributed by atoms with Gasteiger partial charge in [0, 0.05) is 30.7 Å². The van der Waals surface area contributed by atoms with E-state index < -0.39 is 0 Å². The van der Waals surface area contributed by atoms with Crippen LogP contribution in [-0.4, -0.2) is 25.4 Å². The largest absolute Gasteiger partial charge is 0.348 e. The minimum atomic E-state index is -0.146. The average Bonchev–Trinajstić information content (AvgIpc) is 3.18. The van der Waals surface area contributed by atoms with Crippen LogP contribution in [-0.2, 0) is 6.54 Å². The highest BCUT2D eigenvalue weighted by Crippen LogP contribution is 2.18. The number of aryl methyl sites for hydroxylation is 2. The quantitative estimate of drug-likeness (QED) is 0.568. The highest BCUT2D eigenvalue weighted by molar-refractivity contribution is 5.95. The predicted molar refractivity (Wildman–Crippen MR) is 112 cm³/mol. The van der Waals surface area contributed by atoms with Gasteiger partial charge in [0.05, 0.1) is 17.0 Å². The third kappa shape index (κ3) is 4.06. The number of aromatic nitrogens is 4. The number of nitrogens with one attached hydrogen (secondary N) is 1. The zero-order chi connectivity index (χ0) is 20.2. The van der Waals surface area contributed by atoms with E-state index in [4.69, 9.17) is 0 Å². The summed E-state index contributed by atoms with van der Waals surface area (Å²) in [7, 11) is 0. The third-order valence-corrected chi connectivity index (χ3v) is 4.74. The summed E-state index contributed by atoms with van der Waals surface area (Å²) in [6, 6.07) is 17.5. The molecule has 1 N–H and O–H groups in total. The van der Waals surface area contributed by atoms with Crippen molar-refractivity contribution in [2.24, 2.45) is 0 Å². The molecule has 3 aromatic heterocycles. The van der Waals surface area contributed by atoms with Crippen molar-refractivity contribution >= 4 is 5.91 Å². The highest BCUT2D eigenvalue weighted by Gasteiger charge is 2.12. The van der Waals surface area contributed by atoms with Gasteiger partial charge in [-0.15, -0.1) is 0 Å². The van der Waals surface area contributed by atoms with Crippen molar-refractivity contribution < 1.29 is 4.79 Å². The van der Waals surface area contributed by atoms with Gasteiger partial charge < -0.3 is 5.32 Å². The molecule has 144 valence electrons. The lowest BCUT2D eigenvalue weighted by atomic mass is 10.1. The number of hydrogen-bond acceptors (Lipinski definition) is 4. The first-order valence-corrected chi connectivity index (χ1v) is 9.38. The zero-order valence-corrected chi connectivity index (χ0v) is 16.3. The van der Waals surface area contributed by atoms with Crippen molar-refractivity contribution in [3.63, 3.8) is 0 Å². The highest BCUT2D eigenvalue weighted by atomic mass is 16.1. The van der Waals surface area contributed by atoms with Crippen molar-refractivity contribution in [3.8, 4) is 17.1 Å². The summed E-state index contributed by atoms with van der Waals surface area (Å²) in [5.41, 5.74) is 4.12. The SMILES string of the molecule is Cc1nc(-c2ccccc2)ccc1C(=O)NCc1ccnc(-n2ccnc2C)c1. The normalized spacial score (nSPS) is 10.7. The van der Waals surface area contributed by atoms with Crippen molar-refractivity contribution in [2.75, 3.05) is 0 Å². The van der Waals surface area contributed by atoms with Crippen molar-refractivity contribution in [3.05, 3.63) is 95.8 Å². The molecule has 0 aliphatic heterocycles. The van der Waals surface area contributed by atoms with Crippen LogP contribution in [0.4, 0.5) is 0 Å². The molecule has 0 atom stereocenters. The molecular weight excluding hydrogens is 362 g/mol. The van der Waals surface area contributed by atoms with Gasteiger partial charge in [0.1, 0.15) is 11.6 Å². The van der Waals surface area contributed by atoms with Gasteiger partial charge in [0.15, 0.2) is 0 Å². The van der Waals surface area contributed by atoms with Gasteiger partial charge in [0.2, 0.25) is 0 Å². The third-order valence-electron chi connectivity index (χ3n) is 4.74. The Labute approximate surface area is 169 Å². The fourth-order valence-corrected chi connectivity index (χ4v) is 3.17. The Kier molecular flexibility index (Phi) is 5.16. The second kappa shape index (κ2) is 8.06. The molecule has 3 heterocycles. The van der Waals surface area contributed by atoms with E-state index in [2.05, 4.69) is 20.3 Å². The molecule has 0 saturated heterocycles. The van der Waals surface area contributed by atoms with Crippen molar-refractivity contribution in [2.45, 2.75) is 20.4 Å². The topological polar surface area (TPSA) is 72.7 Å². The molecule has 0 spiro atoms. The van der Waals surface area contributed by atoms with E-state index in [-0.39, 0.29) is 5.91 Å². The number of nitrogens with zero attached hydrogens (tertiary/aromatic N) is 4. The molecule has 6 nitrogen and oxygen atoms in total. The van der Waals surface area contributed by atoms with Gasteiger partial charge >= 0.3 is 0 Å². The number of rotatable bonds is 5. The fraction of sp³-hybridized carbons (Fsp3) is 0.130. The Balaban J connectivity index is 1.47. The lowest BCUT2D eigenvalue weighted by molar-refractivity contribution is 0.0950. The number of carbonyl (C=O) groups excluding carboxylic acids is 1. The van der Waals surface area contributed by atoms with Crippen LogP contribution in [0.1, 0.15) is 27.4 Å². The molecule has 1 aromatic carbocycles. The number of amides is 1. The first kappa shape index (κ1) is 18.6. The maximum absolute atomic E-state index is 12.7. The fourth-order valence-electron chi connectivity index (χ4n) is 3.17. The molecule has 29 heavy (non-hydrogen) atoms. The monoisotopic (exact) mass is 383 g/mol. The second-order valence-electron chi connectivity index (χ2n) is 6.74. The second-order valence-corrected chi connectivity index (χ2v) is 6.74. The Hall–Kier alpha value is -3.80. The standard InChI is InChI=1S/C23H21N5O/c1-16-20(8-9-21(27-16)19-6-4-3-5-7-19)23(29)26-15-18-10-11-25-22(14-18)28-13-12-24-17(28)2/h3-14H,15H2,1-2H3,(H,26,29). The lowest BCUT2D eigenvalue weighted by Crippen LogP contribution is -2.24. The Morgan fingerprint density at radius 3 is 2.55 bits per heavy atom. The molecule has 0 radical (unpaired) electrons. The molecule has 4 aromatic rings. The molecule has 4 rings (SSSR count). The van der Waals surface area contributed by atoms with E-state index >= 15 is 0 Å². The lowest BCUT2D eigenvalue weighted by Gasteiger charge is -2.10. The van der Waals surface area contributed by atoms with Crippen LogP contribution in [0.15, 0.2) is 73.2 Å². The minimum absolute atomic E-state index is 0.146. The number of imidazole rings is 1. The van der Waals surface area contributed by atoms with E-state index in [9.17, 15) is 4.79 Å². The van der Waals surface area contributed by atoms with E-state index in [0.717, 1.165) is 28.5 Å². The van der Waals surface area contributed by atoms with Crippen molar-refractivity contribution in [1.29, 1.82) is 0 Å². The van der Waals surface area contributed by atoms with Gasteiger partial charge in [-0.3, -0.25) is 14.3 Å². The summed E-state index contributed by atoms with van der Waals surface area (Å²) in [5.74, 6) is 1.49. The van der Waals surface area contributed by atoms with Gasteiger partial charge in [0.25, 0.3) is 5.91 Å². The zero-order valence-electron chi connectivity index (χ0n) is 16.3. The summed E-state index contributed by atoms with van der Waals surface area (Å²) in [6.45, 7) is 4.18. The Morgan fingerprint density at radius 1 is 1.00 bits per heavy atom. The number of pyridine rings is 2. The van der Waals surface area contributed by atoms with E-state index in [1.165, 1.54) is 0 Å². The van der Waals surface area contributed by atoms with Crippen LogP contribution in [0.5, 0.6) is 0 Å². The van der Waals surface area contributed by atoms with Gasteiger partial charge in [-0.1, -0.05) is 30.3 Å². The molecule has 1 amide bonds. The van der Waals surface area contributed by atoms with E-state index in [1.54, 1.807) is 12.4 Å². The van der Waals surface area contributed by atoms with Gasteiger partial charge in [-0.05, 0) is 43.7 Å². The smallest absolute Gasteiger partial charge is 0.253 e. The summed E-state index contributed by atoms with van der Waals surface area (Å²) in [6.07, 6.45) is 5.33. The van der Waals surface area contributed by atoms with Crippen LogP contribution in [0, 0.1) is 13.8 Å². The van der Waals surface area contributed by atoms with E-state index in [0.29, 0.717) is 17.8 Å². The maximum atomic E-state index is 12.7. The Morgan fingerprint density at radius 2 is 1.83 bits per heavy atom. The molecule has 0 saturated carbocycles. The summed E-state index contributed by atoms with van der Waals surface area (Å²) < 4.78 is 1.90. The van der Waals surface area contributed by atoms with Crippen LogP contribution >= 0.6 is 0 Å². The molecular formula is C23H21N5O. The predicted octanol–water partition coefficient (Wildman–Crippen LogP) is 3.88. The molecule has 0 aliphatic carbocycles. The molecule has 0 unspecified atom stereocenters. The number of hydrogen-bond donors (Lipinski definition) is 1. The summed E-state index contributed by atoms with van der Waals surface area (Å²) >= 11 is 0. The minimum Gasteiger partial charge on any atom is -0.348 e. The molecule has 0 aliphatic rings. The summed E-state index contributed by atoms with van der Waals surface area (Å²) in [5, 5.41) is 2.97. The van der Waals surface area contributed by atoms with Crippen molar-refractivity contribution in [1.82, 2.24) is 24.8 Å². The first-order chi connectivity index (χ1) is 14.1.